The molecule has 0 radical (unpaired) electrons. The summed E-state index contributed by atoms with van der Waals surface area (Å²) in [6.45, 7) is 4.00. The minimum atomic E-state index is -0.555. The lowest BCUT2D eigenvalue weighted by Gasteiger charge is -2.42. The molecule has 1 heterocycles. The van der Waals surface area contributed by atoms with Crippen LogP contribution in [0.4, 0.5) is 15.3 Å². The van der Waals surface area contributed by atoms with Gasteiger partial charge in [-0.3, -0.25) is 9.80 Å². The van der Waals surface area contributed by atoms with Crippen molar-refractivity contribution in [2.45, 2.75) is 38.9 Å². The molecule has 2 atom stereocenters. The molecule has 0 aromatic heterocycles. The Labute approximate surface area is 210 Å². The van der Waals surface area contributed by atoms with Gasteiger partial charge in [0.2, 0.25) is 0 Å². The first kappa shape index (κ1) is 26.7. The fraction of sp³-hybridized carbons (Fsp3) is 0.423. The molecular formula is C26H32N2O8. The van der Waals surface area contributed by atoms with Crippen LogP contribution in [0.25, 0.3) is 0 Å². The highest BCUT2D eigenvalue weighted by atomic mass is 16.6. The van der Waals surface area contributed by atoms with Crippen molar-refractivity contribution in [1.82, 2.24) is 4.90 Å². The smallest absolute Gasteiger partial charge is 0.414 e. The van der Waals surface area contributed by atoms with Gasteiger partial charge in [0.15, 0.2) is 11.5 Å². The van der Waals surface area contributed by atoms with Crippen molar-refractivity contribution < 1.29 is 38.1 Å². The predicted molar refractivity (Wildman–Crippen MR) is 132 cm³/mol. The van der Waals surface area contributed by atoms with Crippen molar-refractivity contribution in [2.75, 3.05) is 39.9 Å². The first-order valence-corrected chi connectivity index (χ1v) is 11.5. The molecule has 2 amide bonds. The average molecular weight is 501 g/mol. The molecule has 36 heavy (non-hydrogen) atoms. The molecule has 3 rings (SSSR count). The van der Waals surface area contributed by atoms with Gasteiger partial charge in [-0.1, -0.05) is 12.1 Å². The Bertz CT molecular complexity index is 1120. The molecular weight excluding hydrogens is 468 g/mol. The number of benzene rings is 2. The van der Waals surface area contributed by atoms with Crippen LogP contribution in [0.2, 0.25) is 0 Å². The number of fused-ring (bicyclic) bond motifs is 1. The summed E-state index contributed by atoms with van der Waals surface area (Å²) in [6, 6.07) is 9.54. The largest absolute Gasteiger partial charge is 0.493 e. The fourth-order valence-electron chi connectivity index (χ4n) is 4.45. The summed E-state index contributed by atoms with van der Waals surface area (Å²) in [7, 11) is 5.65. The maximum atomic E-state index is 13.1. The van der Waals surface area contributed by atoms with E-state index in [-0.39, 0.29) is 19.2 Å². The van der Waals surface area contributed by atoms with Crippen molar-refractivity contribution in [3.05, 3.63) is 53.1 Å². The Morgan fingerprint density at radius 2 is 1.69 bits per heavy atom. The maximum absolute atomic E-state index is 13.1. The first-order valence-electron chi connectivity index (χ1n) is 11.5. The molecule has 0 aliphatic carbocycles. The zero-order valence-corrected chi connectivity index (χ0v) is 21.4. The van der Waals surface area contributed by atoms with Gasteiger partial charge >= 0.3 is 18.2 Å². The fourth-order valence-corrected chi connectivity index (χ4v) is 4.45. The van der Waals surface area contributed by atoms with Crippen LogP contribution in [-0.4, -0.2) is 64.1 Å². The number of anilines is 1. The molecule has 2 aromatic rings. The summed E-state index contributed by atoms with van der Waals surface area (Å²) in [6.07, 6.45) is -0.638. The van der Waals surface area contributed by atoms with Gasteiger partial charge in [-0.2, -0.15) is 0 Å². The Balaban J connectivity index is 2.12. The summed E-state index contributed by atoms with van der Waals surface area (Å²) in [4.78, 5) is 41.1. The van der Waals surface area contributed by atoms with Crippen molar-refractivity contribution >= 4 is 23.8 Å². The molecule has 194 valence electrons. The third kappa shape index (κ3) is 5.32. The highest BCUT2D eigenvalue weighted by Gasteiger charge is 2.40. The highest BCUT2D eigenvalue weighted by Crippen LogP contribution is 2.46. The zero-order valence-electron chi connectivity index (χ0n) is 21.4. The van der Waals surface area contributed by atoms with E-state index in [2.05, 4.69) is 0 Å². The zero-order chi connectivity index (χ0) is 26.4. The third-order valence-electron chi connectivity index (χ3n) is 6.11. The van der Waals surface area contributed by atoms with E-state index in [0.717, 1.165) is 0 Å². The molecule has 1 aliphatic heterocycles. The van der Waals surface area contributed by atoms with Gasteiger partial charge in [-0.15, -0.1) is 0 Å². The minimum absolute atomic E-state index is 0.155. The molecule has 2 aromatic carbocycles. The van der Waals surface area contributed by atoms with Gasteiger partial charge in [0, 0.05) is 24.2 Å². The molecule has 0 saturated carbocycles. The molecule has 0 bridgehead atoms. The Hall–Kier alpha value is -3.95. The lowest BCUT2D eigenvalue weighted by atomic mass is 9.90. The standard InChI is InChI=1S/C26H32N2O8/c1-7-36-26(31)28-16(2)11-20(19-13-22(32-3)23(33-4)14-21(19)28)27(25(30)35-6)15-17-9-8-10-18(12-17)24(29)34-5/h8-10,12-14,16,20H,7,11,15H2,1-6H3/t16-,20+/m1/s1. The van der Waals surface area contributed by atoms with Crippen LogP contribution in [0.15, 0.2) is 36.4 Å². The average Bonchev–Trinajstić information content (AvgIpc) is 2.89. The number of carbonyl (C=O) groups excluding carboxylic acids is 3. The van der Waals surface area contributed by atoms with Crippen LogP contribution in [0, 0.1) is 0 Å². The minimum Gasteiger partial charge on any atom is -0.493 e. The van der Waals surface area contributed by atoms with Gasteiger partial charge in [-0.05, 0) is 44.0 Å². The van der Waals surface area contributed by atoms with Crippen LogP contribution in [0.1, 0.15) is 47.8 Å². The lowest BCUT2D eigenvalue weighted by molar-refractivity contribution is 0.0600. The van der Waals surface area contributed by atoms with Crippen molar-refractivity contribution in [2.24, 2.45) is 0 Å². The maximum Gasteiger partial charge on any atom is 0.414 e. The number of hydrogen-bond acceptors (Lipinski definition) is 8. The van der Waals surface area contributed by atoms with E-state index in [1.807, 2.05) is 13.0 Å². The number of carbonyl (C=O) groups is 3. The molecule has 10 heteroatoms. The number of rotatable bonds is 7. The van der Waals surface area contributed by atoms with Crippen LogP contribution in [0.3, 0.4) is 0 Å². The lowest BCUT2D eigenvalue weighted by Crippen LogP contribution is -2.47. The molecule has 0 unspecified atom stereocenters. The number of amides is 2. The van der Waals surface area contributed by atoms with Gasteiger partial charge < -0.3 is 23.7 Å². The monoisotopic (exact) mass is 500 g/mol. The Morgan fingerprint density at radius 1 is 1.00 bits per heavy atom. The van der Waals surface area contributed by atoms with E-state index < -0.39 is 24.2 Å². The van der Waals surface area contributed by atoms with Crippen LogP contribution >= 0.6 is 0 Å². The quantitative estimate of drug-likeness (QED) is 0.403. The topological polar surface area (TPSA) is 104 Å². The summed E-state index contributed by atoms with van der Waals surface area (Å²) in [5.41, 5.74) is 2.31. The summed E-state index contributed by atoms with van der Waals surface area (Å²) < 4.78 is 26.3. The number of hydrogen-bond donors (Lipinski definition) is 0. The SMILES string of the molecule is CCOC(=O)N1c2cc(OC)c(OC)cc2[C@@H](N(Cc2cccc(C(=O)OC)c2)C(=O)OC)C[C@H]1C. The third-order valence-corrected chi connectivity index (χ3v) is 6.11. The number of ether oxygens (including phenoxy) is 5. The van der Waals surface area contributed by atoms with Gasteiger partial charge in [0.05, 0.1) is 52.3 Å². The number of nitrogens with zero attached hydrogens (tertiary/aromatic N) is 2. The van der Waals surface area contributed by atoms with E-state index in [4.69, 9.17) is 23.7 Å². The van der Waals surface area contributed by atoms with Crippen molar-refractivity contribution in [3.63, 3.8) is 0 Å². The Morgan fingerprint density at radius 3 is 2.31 bits per heavy atom. The van der Waals surface area contributed by atoms with Gasteiger partial charge in [0.1, 0.15) is 0 Å². The molecule has 0 saturated heterocycles. The summed E-state index contributed by atoms with van der Waals surface area (Å²) >= 11 is 0. The molecule has 10 nitrogen and oxygen atoms in total. The molecule has 0 spiro atoms. The van der Waals surface area contributed by atoms with Crippen LogP contribution < -0.4 is 14.4 Å². The normalized spacial score (nSPS) is 16.4. The van der Waals surface area contributed by atoms with Gasteiger partial charge in [-0.25, -0.2) is 14.4 Å². The van der Waals surface area contributed by atoms with E-state index in [9.17, 15) is 14.4 Å². The first-order chi connectivity index (χ1) is 17.3. The molecule has 1 aliphatic rings. The summed E-state index contributed by atoms with van der Waals surface area (Å²) in [5, 5.41) is 0. The number of methoxy groups -OCH3 is 4. The predicted octanol–water partition coefficient (Wildman–Crippen LogP) is 4.56. The Kier molecular flexibility index (Phi) is 8.63. The van der Waals surface area contributed by atoms with E-state index >= 15 is 0 Å². The highest BCUT2D eigenvalue weighted by molar-refractivity contribution is 5.91. The number of esters is 1. The van der Waals surface area contributed by atoms with Crippen LogP contribution in [-0.2, 0) is 20.8 Å². The second-order valence-corrected chi connectivity index (χ2v) is 8.23. The second-order valence-electron chi connectivity index (χ2n) is 8.23. The van der Waals surface area contributed by atoms with Crippen LogP contribution in [0.5, 0.6) is 11.5 Å². The van der Waals surface area contributed by atoms with Crippen molar-refractivity contribution in [3.8, 4) is 11.5 Å². The molecule has 0 N–H and O–H groups in total. The summed E-state index contributed by atoms with van der Waals surface area (Å²) in [5.74, 6) is 0.422. The second kappa shape index (κ2) is 11.7. The molecule has 0 fully saturated rings. The van der Waals surface area contributed by atoms with E-state index in [0.29, 0.717) is 40.3 Å². The van der Waals surface area contributed by atoms with E-state index in [1.54, 1.807) is 47.1 Å². The van der Waals surface area contributed by atoms with E-state index in [1.165, 1.54) is 28.4 Å². The van der Waals surface area contributed by atoms with Gasteiger partial charge in [0.25, 0.3) is 0 Å². The van der Waals surface area contributed by atoms with Crippen molar-refractivity contribution in [1.29, 1.82) is 0 Å².